The van der Waals surface area contributed by atoms with Crippen LogP contribution in [-0.4, -0.2) is 41.0 Å². The normalized spacial score (nSPS) is 13.2. The van der Waals surface area contributed by atoms with Crippen molar-refractivity contribution in [3.05, 3.63) is 72.9 Å². The summed E-state index contributed by atoms with van der Waals surface area (Å²) < 4.78 is 26.3. The van der Waals surface area contributed by atoms with E-state index >= 15 is 0 Å². The topological polar surface area (TPSA) is 119 Å². The van der Waals surface area contributed by atoms with Crippen molar-refractivity contribution < 1.29 is 37.9 Å². The highest BCUT2D eigenvalue weighted by Gasteiger charge is 2.22. The number of phosphoric acid groups is 1. The number of phosphoric ester groups is 1. The zero-order valence-electron chi connectivity index (χ0n) is 32.7. The molecule has 0 aliphatic rings. The van der Waals surface area contributed by atoms with Crippen LogP contribution in [-0.2, 0) is 28.2 Å². The molecule has 0 heterocycles. The smallest absolute Gasteiger partial charge is 0.462 e. The third kappa shape index (κ3) is 40.3. The number of unbranched alkanes of at least 4 members (excludes halogenated alkanes) is 14. The minimum absolute atomic E-state index is 0.185. The molecule has 0 aromatic rings. The number of esters is 2. The first kappa shape index (κ1) is 49.5. The fraction of sp³-hybridized carbons (Fsp3) is 0.674. The summed E-state index contributed by atoms with van der Waals surface area (Å²) in [5.74, 6) is -0.963. The van der Waals surface area contributed by atoms with Crippen LogP contribution < -0.4 is 0 Å². The highest BCUT2D eigenvalue weighted by atomic mass is 31.2. The van der Waals surface area contributed by atoms with E-state index in [0.717, 1.165) is 64.2 Å². The summed E-state index contributed by atoms with van der Waals surface area (Å²) >= 11 is 0. The molecular weight excluding hydrogens is 675 g/mol. The Morgan fingerprint density at radius 1 is 0.519 bits per heavy atom. The van der Waals surface area contributed by atoms with E-state index in [1.807, 2.05) is 6.08 Å². The molecular formula is C43H73O8P. The number of ether oxygens (including phenoxy) is 2. The summed E-state index contributed by atoms with van der Waals surface area (Å²) in [6.45, 7) is 3.51. The molecule has 0 spiro atoms. The predicted octanol–water partition coefficient (Wildman–Crippen LogP) is 12.3. The Morgan fingerprint density at radius 2 is 0.942 bits per heavy atom. The standard InChI is InChI=1S/C43H73O8P/c1-3-5-7-9-11-13-15-17-19-21-23-25-27-29-31-33-35-37-42(44)49-39-41(40-50-52(46,47)48)51-43(45)38-36-34-32-30-28-26-24-22-20-18-16-14-12-10-8-6-4-2/h5,7,11,13,17-20,23,25,29,31,41H,3-4,6,8-10,12,14-16,21-22,24,26-28,30,32-40H2,1-2H3,(H2,46,47,48)/b7-5+,13-11+,19-17+,20-18+,25-23+,31-29+/t41-/m1/s1. The predicted molar refractivity (Wildman–Crippen MR) is 216 cm³/mol. The molecule has 0 saturated carbocycles. The van der Waals surface area contributed by atoms with E-state index in [2.05, 4.69) is 85.2 Å². The van der Waals surface area contributed by atoms with Crippen LogP contribution in [0.2, 0.25) is 0 Å². The van der Waals surface area contributed by atoms with E-state index in [9.17, 15) is 14.2 Å². The second-order valence-corrected chi connectivity index (χ2v) is 14.5. The van der Waals surface area contributed by atoms with Gasteiger partial charge in [-0.15, -0.1) is 0 Å². The molecule has 0 aromatic heterocycles. The van der Waals surface area contributed by atoms with Crippen molar-refractivity contribution in [2.75, 3.05) is 13.2 Å². The van der Waals surface area contributed by atoms with Crippen LogP contribution in [0.4, 0.5) is 0 Å². The molecule has 9 heteroatoms. The van der Waals surface area contributed by atoms with Crippen molar-refractivity contribution >= 4 is 19.8 Å². The summed E-state index contributed by atoms with van der Waals surface area (Å²) in [5.41, 5.74) is 0. The number of carbonyl (C=O) groups is 2. The molecule has 0 aliphatic heterocycles. The Morgan fingerprint density at radius 3 is 1.46 bits per heavy atom. The Kier molecular flexibility index (Phi) is 36.4. The van der Waals surface area contributed by atoms with Gasteiger partial charge < -0.3 is 19.3 Å². The van der Waals surface area contributed by atoms with E-state index in [-0.39, 0.29) is 19.4 Å². The first-order chi connectivity index (χ1) is 25.3. The molecule has 0 bridgehead atoms. The number of carbonyl (C=O) groups excluding carboxylic acids is 2. The molecule has 0 amide bonds. The molecule has 52 heavy (non-hydrogen) atoms. The number of allylic oxidation sites excluding steroid dienone is 12. The highest BCUT2D eigenvalue weighted by molar-refractivity contribution is 7.46. The summed E-state index contributed by atoms with van der Waals surface area (Å²) in [6.07, 6.45) is 49.1. The minimum Gasteiger partial charge on any atom is -0.462 e. The van der Waals surface area contributed by atoms with Crippen LogP contribution in [0, 0.1) is 0 Å². The summed E-state index contributed by atoms with van der Waals surface area (Å²) in [6, 6.07) is 0. The van der Waals surface area contributed by atoms with Crippen molar-refractivity contribution in [1.29, 1.82) is 0 Å². The van der Waals surface area contributed by atoms with Crippen LogP contribution in [0.25, 0.3) is 0 Å². The monoisotopic (exact) mass is 749 g/mol. The molecule has 0 aromatic carbocycles. The molecule has 0 aliphatic carbocycles. The molecule has 1 atom stereocenters. The fourth-order valence-corrected chi connectivity index (χ4v) is 5.59. The molecule has 298 valence electrons. The molecule has 0 radical (unpaired) electrons. The van der Waals surface area contributed by atoms with Crippen molar-refractivity contribution in [3.8, 4) is 0 Å². The van der Waals surface area contributed by atoms with Crippen LogP contribution in [0.1, 0.15) is 168 Å². The zero-order chi connectivity index (χ0) is 38.2. The van der Waals surface area contributed by atoms with E-state index in [0.29, 0.717) is 12.8 Å². The van der Waals surface area contributed by atoms with Crippen molar-refractivity contribution in [1.82, 2.24) is 0 Å². The van der Waals surface area contributed by atoms with Gasteiger partial charge in [-0.3, -0.25) is 14.1 Å². The maximum atomic E-state index is 12.4. The SMILES string of the molecule is CC/C=C/C/C=C/C/C=C/C/C=C/C/C=C/CCCC(=O)OC[C@H](COP(=O)(O)O)OC(=O)CCCCCCCCC/C=C/CCCCCCCC. The van der Waals surface area contributed by atoms with Crippen LogP contribution >= 0.6 is 7.82 Å². The quantitative estimate of drug-likeness (QED) is 0.0281. The van der Waals surface area contributed by atoms with Crippen molar-refractivity contribution in [2.24, 2.45) is 0 Å². The van der Waals surface area contributed by atoms with Gasteiger partial charge in [0.2, 0.25) is 0 Å². The van der Waals surface area contributed by atoms with Gasteiger partial charge in [-0.05, 0) is 77.0 Å². The zero-order valence-corrected chi connectivity index (χ0v) is 33.6. The number of rotatable bonds is 36. The Bertz CT molecular complexity index is 1070. The Balaban J connectivity index is 4.05. The Labute approximate surface area is 317 Å². The highest BCUT2D eigenvalue weighted by Crippen LogP contribution is 2.36. The largest absolute Gasteiger partial charge is 0.469 e. The molecule has 2 N–H and O–H groups in total. The molecule has 0 saturated heterocycles. The first-order valence-corrected chi connectivity index (χ1v) is 21.8. The van der Waals surface area contributed by atoms with Gasteiger partial charge in [-0.1, -0.05) is 151 Å². The molecule has 0 unspecified atom stereocenters. The fourth-order valence-electron chi connectivity index (χ4n) is 5.23. The summed E-state index contributed by atoms with van der Waals surface area (Å²) in [7, 11) is -4.77. The molecule has 0 rings (SSSR count). The van der Waals surface area contributed by atoms with Gasteiger partial charge in [0.05, 0.1) is 6.61 Å². The van der Waals surface area contributed by atoms with Crippen LogP contribution in [0.3, 0.4) is 0 Å². The molecule has 0 fully saturated rings. The summed E-state index contributed by atoms with van der Waals surface area (Å²) in [5, 5.41) is 0. The van der Waals surface area contributed by atoms with Crippen molar-refractivity contribution in [2.45, 2.75) is 174 Å². The third-order valence-corrected chi connectivity index (χ3v) is 8.69. The van der Waals surface area contributed by atoms with E-state index in [1.165, 1.54) is 64.2 Å². The number of hydrogen-bond donors (Lipinski definition) is 2. The summed E-state index contributed by atoms with van der Waals surface area (Å²) in [4.78, 5) is 42.8. The van der Waals surface area contributed by atoms with Gasteiger partial charge in [0.25, 0.3) is 0 Å². The lowest BCUT2D eigenvalue weighted by atomic mass is 10.1. The van der Waals surface area contributed by atoms with Gasteiger partial charge in [0.1, 0.15) is 6.61 Å². The van der Waals surface area contributed by atoms with E-state index in [4.69, 9.17) is 19.3 Å². The average molecular weight is 749 g/mol. The van der Waals surface area contributed by atoms with Gasteiger partial charge in [0.15, 0.2) is 6.10 Å². The second-order valence-electron chi connectivity index (χ2n) is 13.2. The lowest BCUT2D eigenvalue weighted by molar-refractivity contribution is -0.161. The third-order valence-electron chi connectivity index (χ3n) is 8.21. The minimum atomic E-state index is -4.77. The first-order valence-electron chi connectivity index (χ1n) is 20.2. The molecule has 8 nitrogen and oxygen atoms in total. The van der Waals surface area contributed by atoms with Gasteiger partial charge >= 0.3 is 19.8 Å². The lowest BCUT2D eigenvalue weighted by Gasteiger charge is -2.18. The second kappa shape index (κ2) is 38.2. The average Bonchev–Trinajstić information content (AvgIpc) is 3.11. The van der Waals surface area contributed by atoms with Gasteiger partial charge in [0, 0.05) is 12.8 Å². The number of hydrogen-bond acceptors (Lipinski definition) is 6. The van der Waals surface area contributed by atoms with Crippen molar-refractivity contribution in [3.63, 3.8) is 0 Å². The Hall–Kier alpha value is -2.51. The van der Waals surface area contributed by atoms with Gasteiger partial charge in [-0.25, -0.2) is 4.57 Å². The van der Waals surface area contributed by atoms with Crippen LogP contribution in [0.15, 0.2) is 72.9 Å². The maximum Gasteiger partial charge on any atom is 0.469 e. The van der Waals surface area contributed by atoms with E-state index < -0.39 is 32.5 Å². The van der Waals surface area contributed by atoms with E-state index in [1.54, 1.807) is 0 Å². The maximum absolute atomic E-state index is 12.4. The van der Waals surface area contributed by atoms with Gasteiger partial charge in [-0.2, -0.15) is 0 Å². The lowest BCUT2D eigenvalue weighted by Crippen LogP contribution is -2.29. The van der Waals surface area contributed by atoms with Crippen LogP contribution in [0.5, 0.6) is 0 Å².